The number of fused-ring (bicyclic) bond motifs is 4. The number of pyridine rings is 1. The second kappa shape index (κ2) is 8.88. The molecule has 170 valence electrons. The fraction of sp³-hybridized carbons (Fsp3) is 0.0741. The van der Waals surface area contributed by atoms with Crippen LogP contribution in [0.25, 0.3) is 38.7 Å². The maximum Gasteiger partial charge on any atom is 0.236 e. The standard InChI is InChI=1S/C27H19N4O2.Pt/c1-2-17-7-5-12-25(29-17)31-22-10-4-3-8-19(22)20-14-13-18(15-23(20)31)33-26-16-28-21-9-6-11-24(32)27(21)30-26;/h3-14,16,32H,2H2,1H3;/q-1;. The topological polar surface area (TPSA) is 73.1 Å². The van der Waals surface area contributed by atoms with Crippen LogP contribution in [0.5, 0.6) is 17.4 Å². The molecule has 7 heteroatoms. The molecule has 1 N–H and O–H groups in total. The van der Waals surface area contributed by atoms with Crippen LogP contribution in [0.4, 0.5) is 0 Å². The Morgan fingerprint density at radius 3 is 2.65 bits per heavy atom. The van der Waals surface area contributed by atoms with Crippen molar-refractivity contribution in [2.45, 2.75) is 13.3 Å². The van der Waals surface area contributed by atoms with E-state index in [1.807, 2.05) is 42.5 Å². The molecule has 6 rings (SSSR count). The van der Waals surface area contributed by atoms with Gasteiger partial charge >= 0.3 is 0 Å². The SMILES string of the molecule is CCc1cccc(-n2c3[c-]c(Oc4cnc5cccc(O)c5n4)ccc3c3ccccc32)n1.[Pt]. The van der Waals surface area contributed by atoms with Crippen LogP contribution in [0.2, 0.25) is 0 Å². The zero-order chi connectivity index (χ0) is 22.4. The molecule has 0 aliphatic rings. The molecule has 0 bridgehead atoms. The van der Waals surface area contributed by atoms with E-state index < -0.39 is 0 Å². The van der Waals surface area contributed by atoms with Gasteiger partial charge in [-0.15, -0.1) is 17.5 Å². The van der Waals surface area contributed by atoms with Gasteiger partial charge in [-0.3, -0.25) is 0 Å². The van der Waals surface area contributed by atoms with Gasteiger partial charge in [-0.25, -0.2) is 15.0 Å². The van der Waals surface area contributed by atoms with Crippen molar-refractivity contribution in [1.29, 1.82) is 0 Å². The first-order valence-electron chi connectivity index (χ1n) is 10.8. The van der Waals surface area contributed by atoms with Crippen molar-refractivity contribution in [2.75, 3.05) is 0 Å². The third-order valence-corrected chi connectivity index (χ3v) is 5.68. The molecule has 0 spiro atoms. The summed E-state index contributed by atoms with van der Waals surface area (Å²) < 4.78 is 8.11. The van der Waals surface area contributed by atoms with Crippen molar-refractivity contribution >= 4 is 32.8 Å². The Morgan fingerprint density at radius 2 is 1.76 bits per heavy atom. The Hall–Kier alpha value is -3.76. The summed E-state index contributed by atoms with van der Waals surface area (Å²) in [5, 5.41) is 12.3. The molecule has 0 radical (unpaired) electrons. The Balaban J connectivity index is 0.00000241. The van der Waals surface area contributed by atoms with Gasteiger partial charge in [-0.2, -0.15) is 6.07 Å². The first-order chi connectivity index (χ1) is 16.2. The molecule has 0 saturated carbocycles. The average molecular weight is 627 g/mol. The van der Waals surface area contributed by atoms with Crippen molar-refractivity contribution in [3.05, 3.63) is 90.8 Å². The molecular weight excluding hydrogens is 607 g/mol. The number of aromatic nitrogens is 4. The van der Waals surface area contributed by atoms with Crippen molar-refractivity contribution < 1.29 is 30.9 Å². The first-order valence-corrected chi connectivity index (χ1v) is 10.8. The maximum absolute atomic E-state index is 10.1. The molecule has 0 aliphatic heterocycles. The normalized spacial score (nSPS) is 11.1. The average Bonchev–Trinajstić information content (AvgIpc) is 3.18. The number of hydrogen-bond acceptors (Lipinski definition) is 5. The zero-order valence-electron chi connectivity index (χ0n) is 18.2. The van der Waals surface area contributed by atoms with E-state index >= 15 is 0 Å². The summed E-state index contributed by atoms with van der Waals surface area (Å²) in [7, 11) is 0. The number of aryl methyl sites for hydroxylation is 1. The van der Waals surface area contributed by atoms with Crippen LogP contribution in [0.15, 0.2) is 79.0 Å². The van der Waals surface area contributed by atoms with Gasteiger partial charge in [-0.1, -0.05) is 42.8 Å². The van der Waals surface area contributed by atoms with Gasteiger partial charge < -0.3 is 14.4 Å². The Bertz CT molecular complexity index is 1660. The molecule has 6 nitrogen and oxygen atoms in total. The second-order valence-electron chi connectivity index (χ2n) is 7.73. The van der Waals surface area contributed by atoms with E-state index in [1.54, 1.807) is 24.4 Å². The predicted octanol–water partition coefficient (Wildman–Crippen LogP) is 5.98. The van der Waals surface area contributed by atoms with E-state index in [9.17, 15) is 5.11 Å². The zero-order valence-corrected chi connectivity index (χ0v) is 20.4. The molecule has 34 heavy (non-hydrogen) atoms. The molecule has 0 saturated heterocycles. The molecule has 3 heterocycles. The first kappa shape index (κ1) is 22.1. The minimum absolute atomic E-state index is 0. The van der Waals surface area contributed by atoms with Gasteiger partial charge in [0.2, 0.25) is 5.88 Å². The number of rotatable bonds is 4. The predicted molar refractivity (Wildman–Crippen MR) is 128 cm³/mol. The minimum Gasteiger partial charge on any atom is -0.506 e. The molecule has 6 aromatic rings. The van der Waals surface area contributed by atoms with Crippen molar-refractivity contribution in [3.63, 3.8) is 0 Å². The Labute approximate surface area is 210 Å². The third-order valence-electron chi connectivity index (χ3n) is 5.68. The fourth-order valence-electron chi connectivity index (χ4n) is 4.12. The largest absolute Gasteiger partial charge is 0.506 e. The summed E-state index contributed by atoms with van der Waals surface area (Å²) in [5.41, 5.74) is 3.94. The van der Waals surface area contributed by atoms with Gasteiger partial charge in [0.1, 0.15) is 17.1 Å². The summed E-state index contributed by atoms with van der Waals surface area (Å²) in [5.74, 6) is 1.69. The van der Waals surface area contributed by atoms with Gasteiger partial charge in [0.05, 0.1) is 11.7 Å². The maximum atomic E-state index is 10.1. The quantitative estimate of drug-likeness (QED) is 0.244. The van der Waals surface area contributed by atoms with Crippen LogP contribution in [-0.2, 0) is 27.5 Å². The number of hydrogen-bond donors (Lipinski definition) is 1. The van der Waals surface area contributed by atoms with E-state index in [0.717, 1.165) is 39.7 Å². The molecule has 0 fully saturated rings. The van der Waals surface area contributed by atoms with Crippen LogP contribution in [-0.4, -0.2) is 24.6 Å². The van der Waals surface area contributed by atoms with E-state index in [-0.39, 0.29) is 32.7 Å². The van der Waals surface area contributed by atoms with Crippen LogP contribution < -0.4 is 4.74 Å². The number of phenolic OH excluding ortho intramolecular Hbond substituents is 1. The molecule has 0 unspecified atom stereocenters. The van der Waals surface area contributed by atoms with Gasteiger partial charge in [0, 0.05) is 38.0 Å². The van der Waals surface area contributed by atoms with Crippen molar-refractivity contribution in [1.82, 2.24) is 19.5 Å². The summed E-state index contributed by atoms with van der Waals surface area (Å²) in [4.78, 5) is 13.6. The number of nitrogens with zero attached hydrogens (tertiary/aromatic N) is 4. The number of ether oxygens (including phenoxy) is 1. The van der Waals surface area contributed by atoms with Crippen LogP contribution >= 0.6 is 0 Å². The van der Waals surface area contributed by atoms with Crippen LogP contribution in [0.3, 0.4) is 0 Å². The minimum atomic E-state index is 0. The van der Waals surface area contributed by atoms with E-state index in [0.29, 0.717) is 16.8 Å². The Morgan fingerprint density at radius 1 is 0.912 bits per heavy atom. The fourth-order valence-corrected chi connectivity index (χ4v) is 4.12. The second-order valence-corrected chi connectivity index (χ2v) is 7.73. The van der Waals surface area contributed by atoms with E-state index in [4.69, 9.17) is 9.72 Å². The molecule has 3 aromatic carbocycles. The summed E-state index contributed by atoms with van der Waals surface area (Å²) in [6.45, 7) is 2.10. The molecular formula is C27H19N4O2Pt-. The van der Waals surface area contributed by atoms with Crippen LogP contribution in [0.1, 0.15) is 12.6 Å². The monoisotopic (exact) mass is 626 g/mol. The van der Waals surface area contributed by atoms with Gasteiger partial charge in [0.15, 0.2) is 0 Å². The van der Waals surface area contributed by atoms with Crippen molar-refractivity contribution in [3.8, 4) is 23.2 Å². The third kappa shape index (κ3) is 3.70. The number of phenols is 1. The Kier molecular flexibility index (Phi) is 5.76. The molecule has 0 aliphatic carbocycles. The molecule has 0 amide bonds. The summed E-state index contributed by atoms with van der Waals surface area (Å²) in [6, 6.07) is 26.7. The van der Waals surface area contributed by atoms with Crippen molar-refractivity contribution in [2.24, 2.45) is 0 Å². The summed E-state index contributed by atoms with van der Waals surface area (Å²) in [6.07, 6.45) is 2.40. The number of para-hydroxylation sites is 2. The number of benzene rings is 3. The molecule has 3 aromatic heterocycles. The van der Waals surface area contributed by atoms with Gasteiger partial charge in [0.25, 0.3) is 0 Å². The van der Waals surface area contributed by atoms with Gasteiger partial charge in [-0.05, 0) is 42.1 Å². The van der Waals surface area contributed by atoms with Crippen LogP contribution in [0, 0.1) is 6.07 Å². The summed E-state index contributed by atoms with van der Waals surface area (Å²) >= 11 is 0. The van der Waals surface area contributed by atoms with E-state index in [2.05, 4.69) is 39.7 Å². The molecule has 0 atom stereocenters. The number of aromatic hydroxyl groups is 1. The smallest absolute Gasteiger partial charge is 0.236 e. The van der Waals surface area contributed by atoms with E-state index in [1.165, 1.54) is 0 Å².